The van der Waals surface area contributed by atoms with Crippen molar-refractivity contribution >= 4 is 28.2 Å². The molecule has 0 saturated heterocycles. The number of nitrogens with zero attached hydrogens (tertiary/aromatic N) is 1. The normalized spacial score (nSPS) is 10.1. The van der Waals surface area contributed by atoms with Gasteiger partial charge in [0.1, 0.15) is 28.3 Å². The third-order valence-electron chi connectivity index (χ3n) is 4.22. The minimum absolute atomic E-state index is 0.256. The lowest BCUT2D eigenvalue weighted by molar-refractivity contribution is 0.0605. The number of methoxy groups -OCH3 is 1. The first-order valence-corrected chi connectivity index (χ1v) is 9.55. The van der Waals surface area contributed by atoms with Gasteiger partial charge in [0.2, 0.25) is 0 Å². The van der Waals surface area contributed by atoms with E-state index in [1.165, 1.54) is 7.11 Å². The van der Waals surface area contributed by atoms with Gasteiger partial charge >= 0.3 is 5.97 Å². The molecule has 29 heavy (non-hydrogen) atoms. The van der Waals surface area contributed by atoms with Gasteiger partial charge in [-0.3, -0.25) is 4.79 Å². The van der Waals surface area contributed by atoms with Crippen LogP contribution in [-0.2, 0) is 11.3 Å². The van der Waals surface area contributed by atoms with Crippen LogP contribution in [0.25, 0.3) is 0 Å². The van der Waals surface area contributed by atoms with Crippen molar-refractivity contribution in [1.29, 1.82) is 5.26 Å². The lowest BCUT2D eigenvalue weighted by atomic mass is 10.1. The molecule has 0 saturated carbocycles. The number of amides is 1. The molecule has 0 radical (unpaired) electrons. The number of carbonyl (C=O) groups is 2. The first-order chi connectivity index (χ1) is 14.0. The minimum atomic E-state index is -0.538. The zero-order chi connectivity index (χ0) is 20.8. The fourth-order valence-corrected chi connectivity index (χ4v) is 3.71. The Morgan fingerprint density at radius 2 is 1.79 bits per heavy atom. The highest BCUT2D eigenvalue weighted by Gasteiger charge is 2.22. The van der Waals surface area contributed by atoms with Gasteiger partial charge in [0.15, 0.2) is 0 Å². The zero-order valence-corrected chi connectivity index (χ0v) is 16.7. The number of thiophene rings is 1. The molecule has 0 aliphatic rings. The molecule has 0 unspecified atom stereocenters. The Bertz CT molecular complexity index is 1070. The number of nitrogens with one attached hydrogen (secondary N) is 1. The maximum Gasteiger partial charge on any atom is 0.348 e. The fourth-order valence-electron chi connectivity index (χ4n) is 2.64. The van der Waals surface area contributed by atoms with Crippen molar-refractivity contribution in [2.75, 3.05) is 12.4 Å². The molecular weight excluding hydrogens is 388 g/mol. The predicted molar refractivity (Wildman–Crippen MR) is 110 cm³/mol. The van der Waals surface area contributed by atoms with Crippen molar-refractivity contribution < 1.29 is 19.1 Å². The van der Waals surface area contributed by atoms with Crippen molar-refractivity contribution in [3.8, 4) is 11.8 Å². The van der Waals surface area contributed by atoms with Crippen LogP contribution < -0.4 is 10.1 Å². The molecule has 3 rings (SSSR count). The van der Waals surface area contributed by atoms with E-state index < -0.39 is 5.97 Å². The summed E-state index contributed by atoms with van der Waals surface area (Å²) in [7, 11) is 1.27. The molecule has 1 heterocycles. The summed E-state index contributed by atoms with van der Waals surface area (Å²) in [5.41, 5.74) is 2.20. The van der Waals surface area contributed by atoms with Crippen LogP contribution >= 0.6 is 11.3 Å². The molecule has 0 aliphatic heterocycles. The number of carbonyl (C=O) groups excluding carboxylic acids is 2. The Hall–Kier alpha value is -3.63. The SMILES string of the molecule is COC(=O)c1sc(NC(=O)c2ccc(OCc3ccccc3)cc2)c(C#N)c1C. The van der Waals surface area contributed by atoms with Gasteiger partial charge in [0.25, 0.3) is 5.91 Å². The number of rotatable bonds is 6. The molecule has 2 aromatic carbocycles. The highest BCUT2D eigenvalue weighted by atomic mass is 32.1. The van der Waals surface area contributed by atoms with Gasteiger partial charge in [0.05, 0.1) is 12.7 Å². The van der Waals surface area contributed by atoms with Crippen molar-refractivity contribution in [1.82, 2.24) is 0 Å². The van der Waals surface area contributed by atoms with E-state index in [0.717, 1.165) is 16.9 Å². The highest BCUT2D eigenvalue weighted by molar-refractivity contribution is 7.18. The van der Waals surface area contributed by atoms with Gasteiger partial charge in [-0.1, -0.05) is 30.3 Å². The molecule has 6 nitrogen and oxygen atoms in total. The van der Waals surface area contributed by atoms with Gasteiger partial charge in [-0.05, 0) is 42.3 Å². The maximum absolute atomic E-state index is 12.6. The highest BCUT2D eigenvalue weighted by Crippen LogP contribution is 2.33. The predicted octanol–water partition coefficient (Wildman–Crippen LogP) is 4.55. The monoisotopic (exact) mass is 406 g/mol. The van der Waals surface area contributed by atoms with Crippen molar-refractivity contribution in [2.24, 2.45) is 0 Å². The molecule has 0 fully saturated rings. The molecule has 3 aromatic rings. The number of hydrogen-bond acceptors (Lipinski definition) is 6. The number of benzene rings is 2. The molecule has 7 heteroatoms. The topological polar surface area (TPSA) is 88.4 Å². The number of hydrogen-bond donors (Lipinski definition) is 1. The molecule has 0 spiro atoms. The van der Waals surface area contributed by atoms with Crippen molar-refractivity contribution in [2.45, 2.75) is 13.5 Å². The van der Waals surface area contributed by atoms with E-state index in [-0.39, 0.29) is 11.5 Å². The van der Waals surface area contributed by atoms with Crippen molar-refractivity contribution in [3.63, 3.8) is 0 Å². The Morgan fingerprint density at radius 3 is 2.41 bits per heavy atom. The first-order valence-electron chi connectivity index (χ1n) is 8.73. The van der Waals surface area contributed by atoms with E-state index in [1.54, 1.807) is 31.2 Å². The van der Waals surface area contributed by atoms with Crippen LogP contribution in [0.2, 0.25) is 0 Å². The molecule has 1 aromatic heterocycles. The Kier molecular flexibility index (Phi) is 6.27. The van der Waals surface area contributed by atoms with Crippen LogP contribution in [0.4, 0.5) is 5.00 Å². The summed E-state index contributed by atoms with van der Waals surface area (Å²) in [5, 5.41) is 12.4. The summed E-state index contributed by atoms with van der Waals surface area (Å²) >= 11 is 1.02. The molecule has 0 aliphatic carbocycles. The third-order valence-corrected chi connectivity index (χ3v) is 5.41. The minimum Gasteiger partial charge on any atom is -0.489 e. The van der Waals surface area contributed by atoms with Crippen LogP contribution in [0.3, 0.4) is 0 Å². The van der Waals surface area contributed by atoms with E-state index >= 15 is 0 Å². The summed E-state index contributed by atoms with van der Waals surface area (Å²) in [6.45, 7) is 2.08. The lowest BCUT2D eigenvalue weighted by Gasteiger charge is -2.08. The van der Waals surface area contributed by atoms with Gasteiger partial charge in [-0.2, -0.15) is 5.26 Å². The molecule has 1 amide bonds. The number of anilines is 1. The number of nitriles is 1. The average molecular weight is 406 g/mol. The Balaban J connectivity index is 1.70. The second kappa shape index (κ2) is 9.04. The van der Waals surface area contributed by atoms with Crippen LogP contribution in [0.5, 0.6) is 5.75 Å². The molecule has 0 atom stereocenters. The van der Waals surface area contributed by atoms with Crippen LogP contribution in [0.15, 0.2) is 54.6 Å². The van der Waals surface area contributed by atoms with Crippen LogP contribution in [0.1, 0.15) is 36.7 Å². The summed E-state index contributed by atoms with van der Waals surface area (Å²) in [6, 6.07) is 18.5. The maximum atomic E-state index is 12.6. The fraction of sp³-hybridized carbons (Fsp3) is 0.136. The zero-order valence-electron chi connectivity index (χ0n) is 15.9. The summed E-state index contributed by atoms with van der Waals surface area (Å²) in [4.78, 5) is 24.7. The average Bonchev–Trinajstić information content (AvgIpc) is 3.07. The standard InChI is InChI=1S/C22H18N2O4S/c1-14-18(12-23)21(29-19(14)22(26)27-2)24-20(25)16-8-10-17(11-9-16)28-13-15-6-4-3-5-7-15/h3-11H,13H2,1-2H3,(H,24,25). The molecular formula is C22H18N2O4S. The summed E-state index contributed by atoms with van der Waals surface area (Å²) in [5.74, 6) is -0.277. The van der Waals surface area contributed by atoms with E-state index in [2.05, 4.69) is 5.32 Å². The van der Waals surface area contributed by atoms with Crippen molar-refractivity contribution in [3.05, 3.63) is 81.7 Å². The molecule has 0 bridgehead atoms. The second-order valence-electron chi connectivity index (χ2n) is 6.12. The molecule has 1 N–H and O–H groups in total. The summed E-state index contributed by atoms with van der Waals surface area (Å²) in [6.07, 6.45) is 0. The third kappa shape index (κ3) is 4.62. The van der Waals surface area contributed by atoms with E-state index in [0.29, 0.717) is 33.4 Å². The van der Waals surface area contributed by atoms with Crippen LogP contribution in [0, 0.1) is 18.3 Å². The largest absolute Gasteiger partial charge is 0.489 e. The van der Waals surface area contributed by atoms with Gasteiger partial charge in [-0.25, -0.2) is 4.79 Å². The van der Waals surface area contributed by atoms with Gasteiger partial charge < -0.3 is 14.8 Å². The van der Waals surface area contributed by atoms with E-state index in [9.17, 15) is 14.9 Å². The Morgan fingerprint density at radius 1 is 1.10 bits per heavy atom. The molecule has 146 valence electrons. The van der Waals surface area contributed by atoms with E-state index in [4.69, 9.17) is 9.47 Å². The lowest BCUT2D eigenvalue weighted by Crippen LogP contribution is -2.11. The van der Waals surface area contributed by atoms with Crippen LogP contribution in [-0.4, -0.2) is 19.0 Å². The smallest absolute Gasteiger partial charge is 0.348 e. The quantitative estimate of drug-likeness (QED) is 0.607. The van der Waals surface area contributed by atoms with Gasteiger partial charge in [0, 0.05) is 5.56 Å². The van der Waals surface area contributed by atoms with Gasteiger partial charge in [-0.15, -0.1) is 11.3 Å². The number of ether oxygens (including phenoxy) is 2. The second-order valence-corrected chi connectivity index (χ2v) is 7.14. The first kappa shape index (κ1) is 20.1. The Labute approximate surface area is 172 Å². The number of esters is 1. The van der Waals surface area contributed by atoms with E-state index in [1.807, 2.05) is 36.4 Å². The summed E-state index contributed by atoms with van der Waals surface area (Å²) < 4.78 is 10.4.